The molecule has 364 valence electrons. The van der Waals surface area contributed by atoms with E-state index in [0.717, 1.165) is 139 Å². The van der Waals surface area contributed by atoms with Crippen LogP contribution < -0.4 is 0 Å². The lowest BCUT2D eigenvalue weighted by Gasteiger charge is -2.20. The minimum absolute atomic E-state index is 0.514. The Balaban J connectivity index is 0.979. The Morgan fingerprint density at radius 2 is 0.692 bits per heavy atom. The zero-order valence-corrected chi connectivity index (χ0v) is 41.7. The van der Waals surface area contributed by atoms with Crippen molar-refractivity contribution in [2.75, 3.05) is 0 Å². The van der Waals surface area contributed by atoms with Gasteiger partial charge in [0, 0.05) is 49.4 Å². The number of rotatable bonds is 8. The van der Waals surface area contributed by atoms with Crippen molar-refractivity contribution in [3.63, 3.8) is 0 Å². The summed E-state index contributed by atoms with van der Waals surface area (Å²) in [5, 5.41) is 4.17. The van der Waals surface area contributed by atoms with Crippen LogP contribution in [0.5, 0.6) is 0 Å². The van der Waals surface area contributed by atoms with E-state index in [0.29, 0.717) is 17.5 Å². The maximum atomic E-state index is 6.44. The van der Waals surface area contributed by atoms with Crippen LogP contribution in [0.3, 0.4) is 0 Å². The highest BCUT2D eigenvalue weighted by Gasteiger charge is 2.26. The van der Waals surface area contributed by atoms with E-state index in [9.17, 15) is 0 Å². The van der Waals surface area contributed by atoms with Crippen molar-refractivity contribution in [1.29, 1.82) is 0 Å². The van der Waals surface area contributed by atoms with Crippen molar-refractivity contribution >= 4 is 71.7 Å². The molecule has 8 heteroatoms. The second-order valence-electron chi connectivity index (χ2n) is 19.8. The Morgan fingerprint density at radius 3 is 1.22 bits per heavy atom. The van der Waals surface area contributed by atoms with Crippen molar-refractivity contribution in [3.05, 3.63) is 255 Å². The first kappa shape index (κ1) is 43.7. The van der Waals surface area contributed by atoms with Gasteiger partial charge in [-0.15, -0.1) is 0 Å². The van der Waals surface area contributed by atoms with Gasteiger partial charge >= 0.3 is 0 Å². The minimum atomic E-state index is 0.514. The van der Waals surface area contributed by atoms with E-state index in [4.69, 9.17) is 28.8 Å². The van der Waals surface area contributed by atoms with Crippen LogP contribution in [-0.2, 0) is 0 Å². The third-order valence-electron chi connectivity index (χ3n) is 15.2. The number of imidazole rings is 2. The highest BCUT2D eigenvalue weighted by atomic mass is 16.3. The van der Waals surface area contributed by atoms with Crippen molar-refractivity contribution < 1.29 is 8.83 Å². The van der Waals surface area contributed by atoms with E-state index in [1.807, 2.05) is 48.5 Å². The second-order valence-corrected chi connectivity index (χ2v) is 19.8. The molecule has 0 radical (unpaired) electrons. The molecule has 0 amide bonds. The van der Waals surface area contributed by atoms with E-state index in [-0.39, 0.29) is 0 Å². The third kappa shape index (κ3) is 7.08. The van der Waals surface area contributed by atoms with Crippen LogP contribution in [0.15, 0.2) is 264 Å². The molecule has 78 heavy (non-hydrogen) atoms. The average molecular weight is 999 g/mol. The summed E-state index contributed by atoms with van der Waals surface area (Å²) in [6.45, 7) is 0. The zero-order valence-electron chi connectivity index (χ0n) is 41.7. The summed E-state index contributed by atoms with van der Waals surface area (Å²) in [6.07, 6.45) is 0. The Bertz CT molecular complexity index is 4830. The van der Waals surface area contributed by atoms with Gasteiger partial charge in [-0.1, -0.05) is 182 Å². The molecule has 0 N–H and O–H groups in total. The number of hydrogen-bond donors (Lipinski definition) is 0. The summed E-state index contributed by atoms with van der Waals surface area (Å²) in [7, 11) is 0. The summed E-state index contributed by atoms with van der Waals surface area (Å²) in [4.78, 5) is 21.6. The number of para-hydroxylation sites is 2. The maximum absolute atomic E-state index is 6.44. The monoisotopic (exact) mass is 998 g/mol. The van der Waals surface area contributed by atoms with E-state index >= 15 is 0 Å². The highest BCUT2D eigenvalue weighted by molar-refractivity contribution is 6.07. The van der Waals surface area contributed by atoms with Gasteiger partial charge in [0.15, 0.2) is 17.5 Å². The Kier molecular flexibility index (Phi) is 9.77. The fraction of sp³-hybridized carbons (Fsp3) is 0. The van der Waals surface area contributed by atoms with Gasteiger partial charge in [-0.2, -0.15) is 0 Å². The second kappa shape index (κ2) is 17.4. The molecule has 5 aromatic heterocycles. The molecule has 0 saturated heterocycles. The first-order chi connectivity index (χ1) is 38.6. The lowest BCUT2D eigenvalue weighted by atomic mass is 9.92. The molecule has 0 atom stereocenters. The molecule has 8 nitrogen and oxygen atoms in total. The van der Waals surface area contributed by atoms with Crippen LogP contribution in [0.2, 0.25) is 0 Å². The molecule has 0 aliphatic rings. The van der Waals surface area contributed by atoms with Gasteiger partial charge < -0.3 is 8.83 Å². The number of nitrogens with zero attached hydrogens (tertiary/aromatic N) is 6. The van der Waals surface area contributed by atoms with E-state index in [1.165, 1.54) is 0 Å². The molecule has 0 saturated carbocycles. The molecular formula is C70H42N6O2. The molecule has 0 fully saturated rings. The van der Waals surface area contributed by atoms with Gasteiger partial charge in [-0.3, -0.25) is 8.97 Å². The smallest absolute Gasteiger partial charge is 0.220 e. The van der Waals surface area contributed by atoms with Crippen molar-refractivity contribution in [2.45, 2.75) is 0 Å². The van der Waals surface area contributed by atoms with Gasteiger partial charge in [0.25, 0.3) is 0 Å². The number of aromatic nitrogens is 6. The molecule has 5 heterocycles. The highest BCUT2D eigenvalue weighted by Crippen LogP contribution is 2.44. The zero-order chi connectivity index (χ0) is 51.3. The molecule has 0 unspecified atom stereocenters. The van der Waals surface area contributed by atoms with Crippen LogP contribution in [0, 0.1) is 0 Å². The predicted molar refractivity (Wildman–Crippen MR) is 316 cm³/mol. The summed E-state index contributed by atoms with van der Waals surface area (Å²) >= 11 is 0. The lowest BCUT2D eigenvalue weighted by Crippen LogP contribution is -2.04. The van der Waals surface area contributed by atoms with Gasteiger partial charge in [-0.25, -0.2) is 19.9 Å². The SMILES string of the molecule is c1ccc(-c2ccc3nc4n(-c5c(-c6ccccc6)cc(-c6nc(-c7ccc8c(c7)oc7ccccc78)nc(-c7ccc8c(c7)oc7ccccc78)n6)cc5-c5ccccc5)c5ccc(-c6ccccc6)cc5n4c3c2)cc1. The fourth-order valence-electron chi connectivity index (χ4n) is 11.5. The standard InChI is InChI=1S/C70H42N6O2/c1-5-17-43(18-6-1)47-31-35-58-60(39-47)75-61-40-48(44-19-7-2-8-20-44)32-36-59(61)76(70(75)71-58)66-56(45-21-9-3-10-22-45)37-51(38-57(66)46-23-11-4-12-24-46)69-73-67(49-29-33-54-52-25-13-15-27-62(52)77-64(54)41-49)72-68(74-69)50-30-34-55-53-26-14-16-28-63(53)78-65(55)42-50/h1-42H. The van der Waals surface area contributed by atoms with E-state index in [1.54, 1.807) is 0 Å². The Labute approximate surface area is 446 Å². The molecule has 0 aliphatic heterocycles. The molecule has 16 rings (SSSR count). The number of furan rings is 2. The van der Waals surface area contributed by atoms with E-state index in [2.05, 4.69) is 215 Å². The minimum Gasteiger partial charge on any atom is -0.456 e. The Hall–Kier alpha value is -10.7. The van der Waals surface area contributed by atoms with Crippen molar-refractivity contribution in [1.82, 2.24) is 28.9 Å². The quantitative estimate of drug-likeness (QED) is 0.151. The molecule has 16 aromatic rings. The first-order valence-electron chi connectivity index (χ1n) is 26.1. The third-order valence-corrected chi connectivity index (χ3v) is 15.2. The first-order valence-corrected chi connectivity index (χ1v) is 26.1. The number of fused-ring (bicyclic) bond motifs is 11. The van der Waals surface area contributed by atoms with Gasteiger partial charge in [-0.05, 0) is 106 Å². The van der Waals surface area contributed by atoms with Gasteiger partial charge in [0.1, 0.15) is 22.3 Å². The number of benzene rings is 11. The van der Waals surface area contributed by atoms with Gasteiger partial charge in [0.2, 0.25) is 5.78 Å². The molecule has 0 spiro atoms. The summed E-state index contributed by atoms with van der Waals surface area (Å²) in [5.41, 5.74) is 19.1. The Morgan fingerprint density at radius 1 is 0.269 bits per heavy atom. The molecular weight excluding hydrogens is 957 g/mol. The van der Waals surface area contributed by atoms with Crippen LogP contribution in [0.4, 0.5) is 0 Å². The van der Waals surface area contributed by atoms with Crippen LogP contribution in [0.25, 0.3) is 156 Å². The maximum Gasteiger partial charge on any atom is 0.220 e. The molecule has 0 aliphatic carbocycles. The normalized spacial score (nSPS) is 11.8. The van der Waals surface area contributed by atoms with Gasteiger partial charge in [0.05, 0.1) is 27.8 Å². The number of hydrogen-bond acceptors (Lipinski definition) is 6. The molecule has 11 aromatic carbocycles. The van der Waals surface area contributed by atoms with E-state index < -0.39 is 0 Å². The predicted octanol–water partition coefficient (Wildman–Crippen LogP) is 18.1. The summed E-state index contributed by atoms with van der Waals surface area (Å²) < 4.78 is 17.6. The fourth-order valence-corrected chi connectivity index (χ4v) is 11.5. The molecule has 0 bridgehead atoms. The van der Waals surface area contributed by atoms with Crippen LogP contribution in [-0.4, -0.2) is 28.9 Å². The summed E-state index contributed by atoms with van der Waals surface area (Å²) in [5.74, 6) is 2.34. The largest absolute Gasteiger partial charge is 0.456 e. The topological polar surface area (TPSA) is 87.2 Å². The lowest BCUT2D eigenvalue weighted by molar-refractivity contribution is 0.668. The van der Waals surface area contributed by atoms with Crippen LogP contribution in [0.1, 0.15) is 0 Å². The average Bonchev–Trinajstić information content (AvgIpc) is 4.44. The summed E-state index contributed by atoms with van der Waals surface area (Å²) in [6, 6.07) is 88.9. The van der Waals surface area contributed by atoms with Crippen molar-refractivity contribution in [3.8, 4) is 84.4 Å². The van der Waals surface area contributed by atoms with Crippen molar-refractivity contribution in [2.24, 2.45) is 0 Å². The van der Waals surface area contributed by atoms with Crippen LogP contribution >= 0.6 is 0 Å².